The summed E-state index contributed by atoms with van der Waals surface area (Å²) in [6.45, 7) is 2.53. The van der Waals surface area contributed by atoms with Crippen LogP contribution in [0.25, 0.3) is 10.9 Å². The minimum absolute atomic E-state index is 0.333. The molecule has 3 rings (SSSR count). The zero-order valence-electron chi connectivity index (χ0n) is 12.6. The van der Waals surface area contributed by atoms with Crippen LogP contribution in [0.3, 0.4) is 0 Å². The summed E-state index contributed by atoms with van der Waals surface area (Å²) in [5, 5.41) is 3.63. The molecule has 0 aliphatic rings. The summed E-state index contributed by atoms with van der Waals surface area (Å²) in [6, 6.07) is 5.45. The molecule has 0 amide bonds. The molecule has 0 saturated carbocycles. The number of alkyl halides is 3. The monoisotopic (exact) mass is 337 g/mol. The number of thiazole rings is 1. The Morgan fingerprint density at radius 3 is 2.65 bits per heavy atom. The van der Waals surface area contributed by atoms with Crippen LogP contribution in [0.5, 0.6) is 0 Å². The van der Waals surface area contributed by atoms with E-state index in [9.17, 15) is 13.2 Å². The van der Waals surface area contributed by atoms with Crippen LogP contribution in [-0.4, -0.2) is 17.0 Å². The van der Waals surface area contributed by atoms with Crippen LogP contribution in [0, 0.1) is 6.92 Å². The fourth-order valence-electron chi connectivity index (χ4n) is 2.41. The van der Waals surface area contributed by atoms with E-state index < -0.39 is 11.7 Å². The molecule has 0 unspecified atom stereocenters. The lowest BCUT2D eigenvalue weighted by atomic mass is 10.1. The lowest BCUT2D eigenvalue weighted by molar-refractivity contribution is -0.137. The SMILES string of the molecule is Cc1csc(CN(C)c2ccnc3cc(C(F)(F)F)ccc23)n1. The Bertz CT molecular complexity index is 842. The number of fused-ring (bicyclic) bond motifs is 1. The standard InChI is InChI=1S/C16H14F3N3S/c1-10-9-23-15(21-10)8-22(2)14-5-6-20-13-7-11(16(17,18)19)3-4-12(13)14/h3-7,9H,8H2,1-2H3. The largest absolute Gasteiger partial charge is 0.416 e. The van der Waals surface area contributed by atoms with Crippen molar-refractivity contribution in [1.82, 2.24) is 9.97 Å². The number of hydrogen-bond donors (Lipinski definition) is 0. The summed E-state index contributed by atoms with van der Waals surface area (Å²) < 4.78 is 38.5. The fraction of sp³-hybridized carbons (Fsp3) is 0.250. The number of hydrogen-bond acceptors (Lipinski definition) is 4. The molecule has 0 aliphatic heterocycles. The van der Waals surface area contributed by atoms with E-state index in [1.807, 2.05) is 24.3 Å². The van der Waals surface area contributed by atoms with Crippen LogP contribution in [-0.2, 0) is 12.7 Å². The summed E-state index contributed by atoms with van der Waals surface area (Å²) in [7, 11) is 1.89. The normalized spacial score (nSPS) is 11.9. The van der Waals surface area contributed by atoms with E-state index in [2.05, 4.69) is 9.97 Å². The second-order valence-corrected chi connectivity index (χ2v) is 6.24. The summed E-state index contributed by atoms with van der Waals surface area (Å²) in [4.78, 5) is 10.5. The summed E-state index contributed by atoms with van der Waals surface area (Å²) in [5.41, 5.74) is 1.44. The first-order valence-electron chi connectivity index (χ1n) is 6.93. The molecule has 0 N–H and O–H groups in total. The topological polar surface area (TPSA) is 29.0 Å². The number of aromatic nitrogens is 2. The van der Waals surface area contributed by atoms with Gasteiger partial charge in [0.1, 0.15) is 5.01 Å². The third kappa shape index (κ3) is 3.29. The van der Waals surface area contributed by atoms with E-state index in [0.29, 0.717) is 17.4 Å². The Labute approximate surface area is 135 Å². The number of aryl methyl sites for hydroxylation is 1. The van der Waals surface area contributed by atoms with Gasteiger partial charge in [0.05, 0.1) is 17.6 Å². The molecule has 2 aromatic heterocycles. The molecule has 0 fully saturated rings. The van der Waals surface area contributed by atoms with Crippen LogP contribution in [0.4, 0.5) is 18.9 Å². The fourth-order valence-corrected chi connectivity index (χ4v) is 3.23. The molecule has 3 nitrogen and oxygen atoms in total. The van der Waals surface area contributed by atoms with Gasteiger partial charge >= 0.3 is 6.18 Å². The number of halogens is 3. The molecule has 3 aromatic rings. The number of nitrogens with zero attached hydrogens (tertiary/aromatic N) is 3. The van der Waals surface area contributed by atoms with Crippen molar-refractivity contribution in [2.75, 3.05) is 11.9 Å². The lowest BCUT2D eigenvalue weighted by Crippen LogP contribution is -2.16. The molecule has 120 valence electrons. The Morgan fingerprint density at radius 1 is 1.22 bits per heavy atom. The van der Waals surface area contributed by atoms with Crippen molar-refractivity contribution in [2.45, 2.75) is 19.6 Å². The third-order valence-corrected chi connectivity index (χ3v) is 4.45. The van der Waals surface area contributed by atoms with Crippen molar-refractivity contribution < 1.29 is 13.2 Å². The van der Waals surface area contributed by atoms with Gasteiger partial charge in [0.25, 0.3) is 0 Å². The quantitative estimate of drug-likeness (QED) is 0.696. The average Bonchev–Trinajstić information content (AvgIpc) is 2.90. The van der Waals surface area contributed by atoms with Gasteiger partial charge in [0.2, 0.25) is 0 Å². The molecule has 1 aromatic carbocycles. The summed E-state index contributed by atoms with van der Waals surface area (Å²) >= 11 is 1.57. The molecular formula is C16H14F3N3S. The summed E-state index contributed by atoms with van der Waals surface area (Å²) in [5.74, 6) is 0. The van der Waals surface area contributed by atoms with Crippen molar-refractivity contribution >= 4 is 27.9 Å². The molecule has 0 bridgehead atoms. The van der Waals surface area contributed by atoms with Gasteiger partial charge in [-0.25, -0.2) is 4.98 Å². The molecule has 0 saturated heterocycles. The first-order valence-corrected chi connectivity index (χ1v) is 7.80. The van der Waals surface area contributed by atoms with Gasteiger partial charge in [-0.3, -0.25) is 4.98 Å². The molecule has 0 atom stereocenters. The van der Waals surface area contributed by atoms with Crippen LogP contribution in [0.15, 0.2) is 35.8 Å². The predicted octanol–water partition coefficient (Wildman–Crippen LogP) is 4.65. The van der Waals surface area contributed by atoms with E-state index in [1.165, 1.54) is 12.3 Å². The smallest absolute Gasteiger partial charge is 0.367 e. The van der Waals surface area contributed by atoms with Gasteiger partial charge < -0.3 is 4.90 Å². The molecule has 0 spiro atoms. The highest BCUT2D eigenvalue weighted by Crippen LogP contribution is 2.33. The third-order valence-electron chi connectivity index (χ3n) is 3.50. The lowest BCUT2D eigenvalue weighted by Gasteiger charge is -2.20. The first-order chi connectivity index (χ1) is 10.8. The molecule has 2 heterocycles. The molecule has 23 heavy (non-hydrogen) atoms. The van der Waals surface area contributed by atoms with E-state index in [-0.39, 0.29) is 0 Å². The van der Waals surface area contributed by atoms with Crippen molar-refractivity contribution in [2.24, 2.45) is 0 Å². The maximum atomic E-state index is 12.8. The highest BCUT2D eigenvalue weighted by atomic mass is 32.1. The van der Waals surface area contributed by atoms with Crippen LogP contribution < -0.4 is 4.90 Å². The molecule has 0 aliphatic carbocycles. The Morgan fingerprint density at radius 2 is 2.00 bits per heavy atom. The molecule has 7 heteroatoms. The number of pyridine rings is 1. The first kappa shape index (κ1) is 15.7. The minimum Gasteiger partial charge on any atom is -0.367 e. The van der Waals surface area contributed by atoms with Crippen molar-refractivity contribution in [3.63, 3.8) is 0 Å². The van der Waals surface area contributed by atoms with Gasteiger partial charge in [-0.15, -0.1) is 11.3 Å². The number of rotatable bonds is 3. The van der Waals surface area contributed by atoms with Crippen LogP contribution in [0.2, 0.25) is 0 Å². The Kier molecular flexibility index (Phi) is 3.97. The van der Waals surface area contributed by atoms with Crippen LogP contribution in [0.1, 0.15) is 16.3 Å². The maximum Gasteiger partial charge on any atom is 0.416 e. The zero-order valence-corrected chi connectivity index (χ0v) is 13.4. The zero-order chi connectivity index (χ0) is 16.6. The Hall–Kier alpha value is -2.15. The van der Waals surface area contributed by atoms with E-state index in [0.717, 1.165) is 28.5 Å². The van der Waals surface area contributed by atoms with Crippen molar-refractivity contribution in [3.8, 4) is 0 Å². The highest BCUT2D eigenvalue weighted by Gasteiger charge is 2.30. The van der Waals surface area contributed by atoms with Gasteiger partial charge in [0.15, 0.2) is 0 Å². The second kappa shape index (κ2) is 5.81. The van der Waals surface area contributed by atoms with Gasteiger partial charge in [-0.2, -0.15) is 13.2 Å². The van der Waals surface area contributed by atoms with Crippen molar-refractivity contribution in [1.29, 1.82) is 0 Å². The average molecular weight is 337 g/mol. The summed E-state index contributed by atoms with van der Waals surface area (Å²) in [6.07, 6.45) is -2.84. The second-order valence-electron chi connectivity index (χ2n) is 5.30. The number of benzene rings is 1. The van der Waals surface area contributed by atoms with Gasteiger partial charge in [0, 0.05) is 35.4 Å². The van der Waals surface area contributed by atoms with Crippen LogP contribution >= 0.6 is 11.3 Å². The predicted molar refractivity (Wildman–Crippen MR) is 85.7 cm³/mol. The minimum atomic E-state index is -4.36. The van der Waals surface area contributed by atoms with E-state index in [1.54, 1.807) is 17.4 Å². The van der Waals surface area contributed by atoms with Crippen molar-refractivity contribution in [3.05, 3.63) is 52.1 Å². The van der Waals surface area contributed by atoms with E-state index in [4.69, 9.17) is 0 Å². The number of anilines is 1. The Balaban J connectivity index is 1.97. The highest BCUT2D eigenvalue weighted by molar-refractivity contribution is 7.09. The van der Waals surface area contributed by atoms with E-state index >= 15 is 0 Å². The molecular weight excluding hydrogens is 323 g/mol. The maximum absolute atomic E-state index is 12.8. The van der Waals surface area contributed by atoms with Gasteiger partial charge in [-0.1, -0.05) is 6.07 Å². The van der Waals surface area contributed by atoms with Gasteiger partial charge in [-0.05, 0) is 25.1 Å². The molecule has 0 radical (unpaired) electrons.